The Labute approximate surface area is 130 Å². The van der Waals surface area contributed by atoms with Crippen LogP contribution >= 0.6 is 27.5 Å². The molecule has 2 heterocycles. The molecule has 0 aliphatic rings. The van der Waals surface area contributed by atoms with Crippen molar-refractivity contribution in [3.8, 4) is 0 Å². The van der Waals surface area contributed by atoms with Crippen LogP contribution in [0.3, 0.4) is 0 Å². The molecule has 4 nitrogen and oxygen atoms in total. The van der Waals surface area contributed by atoms with E-state index in [0.29, 0.717) is 5.88 Å². The summed E-state index contributed by atoms with van der Waals surface area (Å²) in [5, 5.41) is 4.43. The fourth-order valence-electron chi connectivity index (χ4n) is 2.47. The van der Waals surface area contributed by atoms with E-state index in [1.807, 2.05) is 30.8 Å². The van der Waals surface area contributed by atoms with Gasteiger partial charge >= 0.3 is 0 Å². The number of imidazole rings is 1. The maximum Gasteiger partial charge on any atom is 0.159 e. The minimum atomic E-state index is 0.391. The van der Waals surface area contributed by atoms with E-state index in [2.05, 4.69) is 42.7 Å². The van der Waals surface area contributed by atoms with E-state index in [1.54, 1.807) is 0 Å². The third-order valence-corrected chi connectivity index (χ3v) is 4.05. The second-order valence-electron chi connectivity index (χ2n) is 4.76. The van der Waals surface area contributed by atoms with Crippen molar-refractivity contribution in [1.82, 2.24) is 19.3 Å². The molecule has 0 unspecified atom stereocenters. The van der Waals surface area contributed by atoms with Gasteiger partial charge in [0.2, 0.25) is 0 Å². The minimum Gasteiger partial charge on any atom is -0.307 e. The first kappa shape index (κ1) is 13.6. The lowest BCUT2D eigenvalue weighted by Gasteiger charge is -2.08. The SMILES string of the molecule is Cc1nn(C)c2c1nc(CCl)n2Cc1cccc(Br)c1. The van der Waals surface area contributed by atoms with Gasteiger partial charge in [0.25, 0.3) is 0 Å². The first-order valence-electron chi connectivity index (χ1n) is 6.29. The van der Waals surface area contributed by atoms with Crippen LogP contribution in [0.2, 0.25) is 0 Å². The van der Waals surface area contributed by atoms with Gasteiger partial charge in [-0.1, -0.05) is 28.1 Å². The monoisotopic (exact) mass is 352 g/mol. The molecule has 0 radical (unpaired) electrons. The molecule has 3 rings (SSSR count). The van der Waals surface area contributed by atoms with Crippen LogP contribution in [0.25, 0.3) is 11.2 Å². The highest BCUT2D eigenvalue weighted by atomic mass is 79.9. The third kappa shape index (κ3) is 2.25. The summed E-state index contributed by atoms with van der Waals surface area (Å²) in [6.07, 6.45) is 0. The zero-order chi connectivity index (χ0) is 14.3. The zero-order valence-corrected chi connectivity index (χ0v) is 13.6. The maximum atomic E-state index is 6.04. The van der Waals surface area contributed by atoms with Crippen LogP contribution in [0.15, 0.2) is 28.7 Å². The number of fused-ring (bicyclic) bond motifs is 1. The number of aromatic nitrogens is 4. The standard InChI is InChI=1S/C14H14BrClN4/c1-9-13-14(19(2)18-9)20(12(7-16)17-13)8-10-4-3-5-11(15)6-10/h3-6H,7-8H2,1-2H3. The van der Waals surface area contributed by atoms with Crippen molar-refractivity contribution in [3.63, 3.8) is 0 Å². The molecule has 0 fully saturated rings. The quantitative estimate of drug-likeness (QED) is 0.674. The molecule has 3 aromatic rings. The summed E-state index contributed by atoms with van der Waals surface area (Å²) in [7, 11) is 1.94. The van der Waals surface area contributed by atoms with Gasteiger partial charge in [0.05, 0.1) is 18.1 Å². The van der Waals surface area contributed by atoms with Crippen LogP contribution < -0.4 is 0 Å². The Morgan fingerprint density at radius 1 is 1.35 bits per heavy atom. The van der Waals surface area contributed by atoms with Crippen molar-refractivity contribution in [3.05, 3.63) is 45.8 Å². The Morgan fingerprint density at radius 2 is 2.15 bits per heavy atom. The number of rotatable bonds is 3. The minimum absolute atomic E-state index is 0.391. The lowest BCUT2D eigenvalue weighted by molar-refractivity contribution is 0.702. The second kappa shape index (κ2) is 5.22. The Bertz CT molecular complexity index is 775. The number of hydrogen-bond acceptors (Lipinski definition) is 2. The summed E-state index contributed by atoms with van der Waals surface area (Å²) in [6, 6.07) is 8.25. The number of aryl methyl sites for hydroxylation is 2. The molecule has 104 valence electrons. The zero-order valence-electron chi connectivity index (χ0n) is 11.3. The molecule has 6 heteroatoms. The van der Waals surface area contributed by atoms with Crippen molar-refractivity contribution in [2.75, 3.05) is 0 Å². The van der Waals surface area contributed by atoms with Crippen molar-refractivity contribution in [1.29, 1.82) is 0 Å². The molecular weight excluding hydrogens is 340 g/mol. The van der Waals surface area contributed by atoms with E-state index in [9.17, 15) is 0 Å². The average molecular weight is 354 g/mol. The fourth-order valence-corrected chi connectivity index (χ4v) is 3.12. The van der Waals surface area contributed by atoms with Crippen LogP contribution in [0.4, 0.5) is 0 Å². The summed E-state index contributed by atoms with van der Waals surface area (Å²) in [5.41, 5.74) is 4.07. The lowest BCUT2D eigenvalue weighted by Crippen LogP contribution is -2.07. The van der Waals surface area contributed by atoms with E-state index < -0.39 is 0 Å². The van der Waals surface area contributed by atoms with E-state index in [-0.39, 0.29) is 0 Å². The fraction of sp³-hybridized carbons (Fsp3) is 0.286. The average Bonchev–Trinajstić information content (AvgIpc) is 2.89. The number of benzene rings is 1. The molecule has 0 atom stereocenters. The van der Waals surface area contributed by atoms with Gasteiger partial charge < -0.3 is 4.57 Å². The van der Waals surface area contributed by atoms with Crippen LogP contribution in [0.1, 0.15) is 17.1 Å². The van der Waals surface area contributed by atoms with Crippen molar-refractivity contribution < 1.29 is 0 Å². The predicted molar refractivity (Wildman–Crippen MR) is 84.0 cm³/mol. The van der Waals surface area contributed by atoms with Crippen LogP contribution in [0, 0.1) is 6.92 Å². The third-order valence-electron chi connectivity index (χ3n) is 3.32. The molecule has 0 saturated heterocycles. The molecule has 20 heavy (non-hydrogen) atoms. The molecule has 0 amide bonds. The predicted octanol–water partition coefficient (Wildman–Crippen LogP) is 3.63. The van der Waals surface area contributed by atoms with E-state index >= 15 is 0 Å². The topological polar surface area (TPSA) is 35.6 Å². The Hall–Kier alpha value is -1.33. The summed E-state index contributed by atoms with van der Waals surface area (Å²) in [5.74, 6) is 1.26. The number of alkyl halides is 1. The lowest BCUT2D eigenvalue weighted by atomic mass is 10.2. The Balaban J connectivity index is 2.14. The summed E-state index contributed by atoms with van der Waals surface area (Å²) < 4.78 is 5.07. The van der Waals surface area contributed by atoms with Gasteiger partial charge in [-0.15, -0.1) is 11.6 Å². The van der Waals surface area contributed by atoms with Gasteiger partial charge in [-0.3, -0.25) is 4.68 Å². The van der Waals surface area contributed by atoms with E-state index in [4.69, 9.17) is 11.6 Å². The molecule has 0 saturated carbocycles. The second-order valence-corrected chi connectivity index (χ2v) is 5.94. The van der Waals surface area contributed by atoms with E-state index in [1.165, 1.54) is 5.56 Å². The Morgan fingerprint density at radius 3 is 2.85 bits per heavy atom. The van der Waals surface area contributed by atoms with Gasteiger partial charge in [-0.05, 0) is 24.6 Å². The van der Waals surface area contributed by atoms with Gasteiger partial charge in [0.15, 0.2) is 5.65 Å². The highest BCUT2D eigenvalue weighted by Gasteiger charge is 2.16. The summed E-state index contributed by atoms with van der Waals surface area (Å²) >= 11 is 9.54. The van der Waals surface area contributed by atoms with Crippen LogP contribution in [0.5, 0.6) is 0 Å². The molecule has 0 spiro atoms. The van der Waals surface area contributed by atoms with Crippen LogP contribution in [-0.2, 0) is 19.5 Å². The molecule has 1 aromatic carbocycles. The number of nitrogens with zero attached hydrogens (tertiary/aromatic N) is 4. The highest BCUT2D eigenvalue weighted by Crippen LogP contribution is 2.22. The molecular formula is C14H14BrClN4. The van der Waals surface area contributed by atoms with Gasteiger partial charge in [-0.25, -0.2) is 4.98 Å². The van der Waals surface area contributed by atoms with Crippen LogP contribution in [-0.4, -0.2) is 19.3 Å². The molecule has 2 aromatic heterocycles. The first-order chi connectivity index (χ1) is 9.60. The normalized spacial score (nSPS) is 11.4. The van der Waals surface area contributed by atoms with Gasteiger partial charge in [0.1, 0.15) is 11.3 Å². The summed E-state index contributed by atoms with van der Waals surface area (Å²) in [4.78, 5) is 4.61. The maximum absolute atomic E-state index is 6.04. The summed E-state index contributed by atoms with van der Waals surface area (Å²) in [6.45, 7) is 2.70. The van der Waals surface area contributed by atoms with Crippen molar-refractivity contribution >= 4 is 38.7 Å². The number of hydrogen-bond donors (Lipinski definition) is 0. The smallest absolute Gasteiger partial charge is 0.159 e. The molecule has 0 bridgehead atoms. The Kier molecular flexibility index (Phi) is 3.56. The van der Waals surface area contributed by atoms with Crippen molar-refractivity contribution in [2.24, 2.45) is 7.05 Å². The molecule has 0 aliphatic carbocycles. The van der Waals surface area contributed by atoms with Crippen molar-refractivity contribution in [2.45, 2.75) is 19.3 Å². The first-order valence-corrected chi connectivity index (χ1v) is 7.62. The highest BCUT2D eigenvalue weighted by molar-refractivity contribution is 9.10. The van der Waals surface area contributed by atoms with E-state index in [0.717, 1.165) is 33.7 Å². The molecule has 0 aliphatic heterocycles. The molecule has 0 N–H and O–H groups in total. The van der Waals surface area contributed by atoms with Gasteiger partial charge in [0, 0.05) is 11.5 Å². The van der Waals surface area contributed by atoms with Gasteiger partial charge in [-0.2, -0.15) is 5.10 Å². The largest absolute Gasteiger partial charge is 0.307 e. The number of halogens is 2.